The maximum Gasteiger partial charge on any atom is 0.416 e. The fourth-order valence-electron chi connectivity index (χ4n) is 3.06. The lowest BCUT2D eigenvalue weighted by Crippen LogP contribution is -2.26. The van der Waals surface area contributed by atoms with Gasteiger partial charge in [0.2, 0.25) is 0 Å². The quantitative estimate of drug-likeness (QED) is 0.314. The summed E-state index contributed by atoms with van der Waals surface area (Å²) in [5, 5.41) is 8.44. The van der Waals surface area contributed by atoms with Gasteiger partial charge in [-0.1, -0.05) is 24.3 Å². The van der Waals surface area contributed by atoms with Crippen molar-refractivity contribution >= 4 is 23.5 Å². The standard InChI is InChI=1S/C23H21F4N3O2S/c1-15(22(31)32)33-19-7-5-16(6-8-19)13-30(10-9-24)21-12-20(28-14-29-21)17-3-2-4-18(11-17)23(25,26)27/h2-8,11-12,14-15H,9-10,13H2,1H3,(H,31,32). The van der Waals surface area contributed by atoms with Crippen molar-refractivity contribution in [2.24, 2.45) is 0 Å². The largest absolute Gasteiger partial charge is 0.480 e. The molecule has 1 heterocycles. The van der Waals surface area contributed by atoms with Crippen LogP contribution in [0.3, 0.4) is 0 Å². The number of aliphatic carboxylic acids is 1. The molecule has 1 aromatic heterocycles. The maximum absolute atomic E-state index is 13.3. The summed E-state index contributed by atoms with van der Waals surface area (Å²) in [5.74, 6) is -0.522. The molecule has 174 valence electrons. The highest BCUT2D eigenvalue weighted by molar-refractivity contribution is 8.00. The zero-order chi connectivity index (χ0) is 24.0. The molecule has 0 aliphatic rings. The summed E-state index contributed by atoms with van der Waals surface area (Å²) in [4.78, 5) is 21.7. The Hall–Kier alpha value is -3.14. The van der Waals surface area contributed by atoms with Crippen LogP contribution in [0.25, 0.3) is 11.3 Å². The van der Waals surface area contributed by atoms with Gasteiger partial charge in [0, 0.05) is 29.6 Å². The second-order valence-electron chi connectivity index (χ2n) is 7.19. The lowest BCUT2D eigenvalue weighted by Gasteiger charge is -2.23. The molecule has 0 bridgehead atoms. The van der Waals surface area contributed by atoms with Crippen LogP contribution < -0.4 is 4.90 Å². The van der Waals surface area contributed by atoms with E-state index >= 15 is 0 Å². The molecule has 0 amide bonds. The highest BCUT2D eigenvalue weighted by atomic mass is 32.2. The minimum absolute atomic E-state index is 0.0333. The molecule has 3 aromatic rings. The number of hydrogen-bond acceptors (Lipinski definition) is 5. The molecule has 0 fully saturated rings. The number of anilines is 1. The Morgan fingerprint density at radius 1 is 1.12 bits per heavy atom. The van der Waals surface area contributed by atoms with Crippen molar-refractivity contribution in [2.75, 3.05) is 18.1 Å². The van der Waals surface area contributed by atoms with E-state index in [0.717, 1.165) is 22.6 Å². The van der Waals surface area contributed by atoms with Crippen LogP contribution in [-0.4, -0.2) is 39.5 Å². The molecule has 0 saturated carbocycles. The highest BCUT2D eigenvalue weighted by Gasteiger charge is 2.30. The lowest BCUT2D eigenvalue weighted by molar-refractivity contribution is -0.138. The van der Waals surface area contributed by atoms with Crippen LogP contribution in [0, 0.1) is 0 Å². The second kappa shape index (κ2) is 10.7. The van der Waals surface area contributed by atoms with Gasteiger partial charge in [-0.2, -0.15) is 13.2 Å². The fraction of sp³-hybridized carbons (Fsp3) is 0.261. The molecule has 0 spiro atoms. The topological polar surface area (TPSA) is 66.3 Å². The first-order chi connectivity index (χ1) is 15.7. The van der Waals surface area contributed by atoms with E-state index in [1.54, 1.807) is 24.0 Å². The van der Waals surface area contributed by atoms with Gasteiger partial charge < -0.3 is 10.0 Å². The van der Waals surface area contributed by atoms with Gasteiger partial charge in [-0.05, 0) is 36.8 Å². The lowest BCUT2D eigenvalue weighted by atomic mass is 10.1. The summed E-state index contributed by atoms with van der Waals surface area (Å²) < 4.78 is 52.4. The molecular formula is C23H21F4N3O2S. The molecule has 1 atom stereocenters. The first kappa shape index (κ1) is 24.5. The summed E-state index contributed by atoms with van der Waals surface area (Å²) in [6.45, 7) is 1.29. The maximum atomic E-state index is 13.3. The Morgan fingerprint density at radius 3 is 2.48 bits per heavy atom. The van der Waals surface area contributed by atoms with Crippen LogP contribution >= 0.6 is 11.8 Å². The molecule has 33 heavy (non-hydrogen) atoms. The van der Waals surface area contributed by atoms with E-state index in [0.29, 0.717) is 18.1 Å². The minimum Gasteiger partial charge on any atom is -0.480 e. The number of halogens is 4. The molecule has 0 saturated heterocycles. The van der Waals surface area contributed by atoms with E-state index in [1.807, 2.05) is 12.1 Å². The first-order valence-corrected chi connectivity index (χ1v) is 10.8. The van der Waals surface area contributed by atoms with Crippen molar-refractivity contribution in [3.63, 3.8) is 0 Å². The van der Waals surface area contributed by atoms with Gasteiger partial charge in [0.05, 0.1) is 11.3 Å². The van der Waals surface area contributed by atoms with E-state index in [9.17, 15) is 22.4 Å². The van der Waals surface area contributed by atoms with E-state index in [2.05, 4.69) is 9.97 Å². The number of alkyl halides is 4. The number of thioether (sulfide) groups is 1. The van der Waals surface area contributed by atoms with E-state index in [1.165, 1.54) is 36.3 Å². The Morgan fingerprint density at radius 2 is 1.85 bits per heavy atom. The van der Waals surface area contributed by atoms with Gasteiger partial charge in [-0.15, -0.1) is 11.8 Å². The van der Waals surface area contributed by atoms with Crippen LogP contribution in [0.4, 0.5) is 23.4 Å². The number of aromatic nitrogens is 2. The average molecular weight is 479 g/mol. The van der Waals surface area contributed by atoms with Gasteiger partial charge in [0.25, 0.3) is 0 Å². The normalized spacial score (nSPS) is 12.4. The van der Waals surface area contributed by atoms with Gasteiger partial charge in [0.15, 0.2) is 0 Å². The van der Waals surface area contributed by atoms with Crippen molar-refractivity contribution in [1.82, 2.24) is 9.97 Å². The predicted octanol–water partition coefficient (Wildman–Crippen LogP) is 5.70. The number of hydrogen-bond donors (Lipinski definition) is 1. The summed E-state index contributed by atoms with van der Waals surface area (Å²) in [6, 6.07) is 13.6. The number of carboxylic acid groups (broad SMARTS) is 1. The molecule has 10 heteroatoms. The fourth-order valence-corrected chi connectivity index (χ4v) is 3.86. The van der Waals surface area contributed by atoms with Crippen LogP contribution in [0.5, 0.6) is 0 Å². The number of carbonyl (C=O) groups is 1. The smallest absolute Gasteiger partial charge is 0.416 e. The number of carboxylic acids is 1. The Balaban J connectivity index is 1.81. The van der Waals surface area contributed by atoms with Crippen LogP contribution in [0.2, 0.25) is 0 Å². The third-order valence-corrected chi connectivity index (χ3v) is 5.87. The van der Waals surface area contributed by atoms with E-state index in [-0.39, 0.29) is 12.1 Å². The Bertz CT molecular complexity index is 1090. The molecule has 3 rings (SSSR count). The van der Waals surface area contributed by atoms with Crippen molar-refractivity contribution in [3.8, 4) is 11.3 Å². The van der Waals surface area contributed by atoms with Gasteiger partial charge >= 0.3 is 12.1 Å². The first-order valence-electron chi connectivity index (χ1n) is 9.96. The molecule has 0 radical (unpaired) electrons. The van der Waals surface area contributed by atoms with Crippen molar-refractivity contribution in [2.45, 2.75) is 29.8 Å². The SMILES string of the molecule is CC(Sc1ccc(CN(CCF)c2cc(-c3cccc(C(F)(F)F)c3)ncn2)cc1)C(=O)O. The predicted molar refractivity (Wildman–Crippen MR) is 119 cm³/mol. The molecule has 2 aromatic carbocycles. The van der Waals surface area contributed by atoms with E-state index < -0.39 is 29.6 Å². The highest BCUT2D eigenvalue weighted by Crippen LogP contribution is 2.32. The molecule has 0 aliphatic heterocycles. The van der Waals surface area contributed by atoms with Crippen molar-refractivity contribution in [1.29, 1.82) is 0 Å². The zero-order valence-corrected chi connectivity index (χ0v) is 18.4. The Labute approximate surface area is 192 Å². The minimum atomic E-state index is -4.47. The summed E-state index contributed by atoms with van der Waals surface area (Å²) in [7, 11) is 0. The molecule has 1 N–H and O–H groups in total. The monoisotopic (exact) mass is 479 g/mol. The third-order valence-electron chi connectivity index (χ3n) is 4.77. The van der Waals surface area contributed by atoms with Gasteiger partial charge in [0.1, 0.15) is 24.1 Å². The zero-order valence-electron chi connectivity index (χ0n) is 17.6. The van der Waals surface area contributed by atoms with Gasteiger partial charge in [-0.3, -0.25) is 4.79 Å². The number of nitrogens with zero attached hydrogens (tertiary/aromatic N) is 3. The molecule has 1 unspecified atom stereocenters. The average Bonchev–Trinajstić information content (AvgIpc) is 2.79. The van der Waals surface area contributed by atoms with Crippen LogP contribution in [0.15, 0.2) is 65.8 Å². The molecular weight excluding hydrogens is 458 g/mol. The number of benzene rings is 2. The number of rotatable bonds is 9. The summed E-state index contributed by atoms with van der Waals surface area (Å²) in [6.07, 6.45) is -3.23. The Kier molecular flexibility index (Phi) is 7.91. The van der Waals surface area contributed by atoms with Crippen LogP contribution in [0.1, 0.15) is 18.1 Å². The molecule has 5 nitrogen and oxygen atoms in total. The van der Waals surface area contributed by atoms with Gasteiger partial charge in [-0.25, -0.2) is 14.4 Å². The molecule has 0 aliphatic carbocycles. The summed E-state index contributed by atoms with van der Waals surface area (Å²) >= 11 is 1.21. The van der Waals surface area contributed by atoms with E-state index in [4.69, 9.17) is 5.11 Å². The second-order valence-corrected chi connectivity index (χ2v) is 8.61. The van der Waals surface area contributed by atoms with Crippen molar-refractivity contribution in [3.05, 3.63) is 72.1 Å². The van der Waals surface area contributed by atoms with Crippen molar-refractivity contribution < 1.29 is 27.5 Å². The van der Waals surface area contributed by atoms with Crippen LogP contribution in [-0.2, 0) is 17.5 Å². The third kappa shape index (κ3) is 6.67. The summed E-state index contributed by atoms with van der Waals surface area (Å²) in [5.41, 5.74) is 0.637.